The highest BCUT2D eigenvalue weighted by Crippen LogP contribution is 2.34. The second kappa shape index (κ2) is 11.8. The summed E-state index contributed by atoms with van der Waals surface area (Å²) in [6, 6.07) is 8.08. The van der Waals surface area contributed by atoms with Crippen LogP contribution in [0.1, 0.15) is 63.5 Å². The van der Waals surface area contributed by atoms with Crippen LogP contribution in [-0.4, -0.2) is 19.8 Å². The quantitative estimate of drug-likeness (QED) is 0.483. The molecule has 0 N–H and O–H groups in total. The maximum atomic E-state index is 14.0. The van der Waals surface area contributed by atoms with E-state index >= 15 is 0 Å². The van der Waals surface area contributed by atoms with Crippen molar-refractivity contribution in [1.29, 1.82) is 0 Å². The lowest BCUT2D eigenvalue weighted by Gasteiger charge is -2.27. The first-order chi connectivity index (χ1) is 14.1. The van der Waals surface area contributed by atoms with Crippen molar-refractivity contribution in [3.8, 4) is 0 Å². The topological polar surface area (TPSA) is 27.7 Å². The van der Waals surface area contributed by atoms with Crippen molar-refractivity contribution in [3.05, 3.63) is 70.7 Å². The Labute approximate surface area is 173 Å². The molecule has 0 amide bonds. The minimum atomic E-state index is -0.956. The molecule has 2 aliphatic rings. The number of halogens is 2. The lowest BCUT2D eigenvalue weighted by Crippen LogP contribution is -2.23. The normalized spacial score (nSPS) is 22.4. The summed E-state index contributed by atoms with van der Waals surface area (Å²) in [5.41, 5.74) is 2.16. The number of allylic oxidation sites excluding steroid dienone is 5. The van der Waals surface area contributed by atoms with Crippen LogP contribution in [0.2, 0.25) is 0 Å². The number of hydrogen-bond acceptors (Lipinski definition) is 3. The van der Waals surface area contributed by atoms with Crippen LogP contribution in [0.15, 0.2) is 59.6 Å². The number of hydrogen-bond donors (Lipinski definition) is 0. The molecule has 1 heterocycles. The summed E-state index contributed by atoms with van der Waals surface area (Å²) >= 11 is 0. The van der Waals surface area contributed by atoms with Gasteiger partial charge in [-0.25, -0.2) is 0 Å². The van der Waals surface area contributed by atoms with E-state index in [1.54, 1.807) is 0 Å². The summed E-state index contributed by atoms with van der Waals surface area (Å²) in [5, 5.41) is 0. The molecule has 2 atom stereocenters. The molecule has 3 rings (SSSR count). The van der Waals surface area contributed by atoms with Crippen LogP contribution in [0, 0.1) is 0 Å². The van der Waals surface area contributed by atoms with Crippen molar-refractivity contribution in [1.82, 2.24) is 0 Å². The summed E-state index contributed by atoms with van der Waals surface area (Å²) in [7, 11) is 1.34. The minimum Gasteiger partial charge on any atom is -0.498 e. The van der Waals surface area contributed by atoms with Gasteiger partial charge in [-0.1, -0.05) is 50.3 Å². The van der Waals surface area contributed by atoms with Gasteiger partial charge in [-0.3, -0.25) is 0 Å². The van der Waals surface area contributed by atoms with Crippen molar-refractivity contribution in [3.63, 3.8) is 0 Å². The summed E-state index contributed by atoms with van der Waals surface area (Å²) in [5.74, 6) is -1.43. The first-order valence-corrected chi connectivity index (χ1v) is 10.4. The molecule has 1 aliphatic carbocycles. The van der Waals surface area contributed by atoms with Gasteiger partial charge in [0.2, 0.25) is 0 Å². The summed E-state index contributed by atoms with van der Waals surface area (Å²) in [6.45, 7) is 6.94. The standard InChI is InChI=1S/C22H26F2O3.C2H6/c1-3-4-18-10-9-17(14-26-18)16-7-5-15(6-8-16)13-27-20-12-11-19(25-2)21(23)22(20)24;1-2/h3-8,17-18H,9-14H2,1-2H3;1-2H3/b4-3+;. The van der Waals surface area contributed by atoms with Gasteiger partial charge in [0.15, 0.2) is 11.7 Å². The fourth-order valence-corrected chi connectivity index (χ4v) is 3.48. The highest BCUT2D eigenvalue weighted by atomic mass is 19.2. The van der Waals surface area contributed by atoms with Crippen molar-refractivity contribution in [2.75, 3.05) is 13.7 Å². The molecule has 5 heteroatoms. The second-order valence-corrected chi connectivity index (χ2v) is 6.88. The highest BCUT2D eigenvalue weighted by molar-refractivity contribution is 5.30. The second-order valence-electron chi connectivity index (χ2n) is 6.88. The molecule has 29 heavy (non-hydrogen) atoms. The average Bonchev–Trinajstić information content (AvgIpc) is 2.77. The molecule has 0 saturated carbocycles. The largest absolute Gasteiger partial charge is 0.498 e. The van der Waals surface area contributed by atoms with E-state index in [4.69, 9.17) is 14.2 Å². The molecule has 0 aromatic heterocycles. The van der Waals surface area contributed by atoms with E-state index in [0.29, 0.717) is 18.8 Å². The lowest BCUT2D eigenvalue weighted by molar-refractivity contribution is 0.0326. The minimum absolute atomic E-state index is 0.0376. The van der Waals surface area contributed by atoms with Crippen LogP contribution in [-0.2, 0) is 20.8 Å². The number of benzene rings is 1. The molecule has 0 bridgehead atoms. The van der Waals surface area contributed by atoms with Crippen LogP contribution < -0.4 is 0 Å². The van der Waals surface area contributed by atoms with Crippen molar-refractivity contribution >= 4 is 0 Å². The third kappa shape index (κ3) is 6.17. The maximum absolute atomic E-state index is 14.0. The van der Waals surface area contributed by atoms with Gasteiger partial charge in [0.25, 0.3) is 0 Å². The Bertz CT molecular complexity index is 727. The molecule has 3 nitrogen and oxygen atoms in total. The smallest absolute Gasteiger partial charge is 0.199 e. The van der Waals surface area contributed by atoms with Gasteiger partial charge >= 0.3 is 0 Å². The Hall–Kier alpha value is -2.14. The van der Waals surface area contributed by atoms with Crippen LogP contribution >= 0.6 is 0 Å². The predicted octanol–water partition coefficient (Wildman–Crippen LogP) is 6.87. The molecule has 2 unspecified atom stereocenters. The van der Waals surface area contributed by atoms with Crippen molar-refractivity contribution in [2.45, 2.75) is 65.1 Å². The summed E-state index contributed by atoms with van der Waals surface area (Å²) < 4.78 is 44.0. The predicted molar refractivity (Wildman–Crippen MR) is 112 cm³/mol. The van der Waals surface area contributed by atoms with E-state index in [2.05, 4.69) is 18.2 Å². The first-order valence-electron chi connectivity index (χ1n) is 10.4. The molecule has 1 fully saturated rings. The van der Waals surface area contributed by atoms with E-state index in [1.165, 1.54) is 12.7 Å². The highest BCUT2D eigenvalue weighted by Gasteiger charge is 2.25. The Balaban J connectivity index is 0.00000145. The number of ether oxygens (including phenoxy) is 3. The van der Waals surface area contributed by atoms with Crippen LogP contribution in [0.4, 0.5) is 8.78 Å². The van der Waals surface area contributed by atoms with Gasteiger partial charge in [-0.05, 0) is 30.9 Å². The molecular weight excluding hydrogens is 374 g/mol. The van der Waals surface area contributed by atoms with E-state index in [9.17, 15) is 8.78 Å². The Kier molecular flexibility index (Phi) is 9.39. The molecule has 1 aromatic rings. The molecule has 0 spiro atoms. The molecular formula is C24H32F2O3. The monoisotopic (exact) mass is 406 g/mol. The molecule has 1 aliphatic heterocycles. The van der Waals surface area contributed by atoms with Gasteiger partial charge < -0.3 is 14.2 Å². The maximum Gasteiger partial charge on any atom is 0.199 e. The number of methoxy groups -OCH3 is 1. The molecule has 1 aromatic carbocycles. The summed E-state index contributed by atoms with van der Waals surface area (Å²) in [6.07, 6.45) is 7.08. The molecule has 0 radical (unpaired) electrons. The van der Waals surface area contributed by atoms with Crippen LogP contribution in [0.25, 0.3) is 0 Å². The SMILES string of the molecule is C/C=C/C1CCC(c2ccc(COC3=C(F)C(F)=C(OC)CC3)cc2)CO1.CC. The first kappa shape index (κ1) is 23.1. The van der Waals surface area contributed by atoms with E-state index in [-0.39, 0.29) is 24.2 Å². The summed E-state index contributed by atoms with van der Waals surface area (Å²) in [4.78, 5) is 0. The van der Waals surface area contributed by atoms with E-state index < -0.39 is 11.7 Å². The Morgan fingerprint density at radius 1 is 1.03 bits per heavy atom. The third-order valence-corrected chi connectivity index (χ3v) is 5.09. The van der Waals surface area contributed by atoms with Gasteiger partial charge in [-0.2, -0.15) is 8.78 Å². The van der Waals surface area contributed by atoms with Crippen LogP contribution in [0.5, 0.6) is 0 Å². The zero-order valence-corrected chi connectivity index (χ0v) is 17.8. The van der Waals surface area contributed by atoms with Crippen molar-refractivity contribution in [2.24, 2.45) is 0 Å². The number of rotatable bonds is 6. The zero-order chi connectivity index (χ0) is 21.2. The van der Waals surface area contributed by atoms with E-state index in [1.807, 2.05) is 39.0 Å². The van der Waals surface area contributed by atoms with Gasteiger partial charge in [0.1, 0.15) is 18.1 Å². The van der Waals surface area contributed by atoms with Crippen molar-refractivity contribution < 1.29 is 23.0 Å². The third-order valence-electron chi connectivity index (χ3n) is 5.09. The zero-order valence-electron chi connectivity index (χ0n) is 17.8. The molecule has 1 saturated heterocycles. The van der Waals surface area contributed by atoms with Gasteiger partial charge in [-0.15, -0.1) is 0 Å². The Morgan fingerprint density at radius 2 is 1.69 bits per heavy atom. The van der Waals surface area contributed by atoms with Gasteiger partial charge in [0.05, 0.1) is 19.8 Å². The van der Waals surface area contributed by atoms with Crippen LogP contribution in [0.3, 0.4) is 0 Å². The van der Waals surface area contributed by atoms with E-state index in [0.717, 1.165) is 25.0 Å². The fraction of sp³-hybridized carbons (Fsp3) is 0.500. The average molecular weight is 407 g/mol. The van der Waals surface area contributed by atoms with Gasteiger partial charge in [0, 0.05) is 18.8 Å². The molecule has 160 valence electrons. The fourth-order valence-electron chi connectivity index (χ4n) is 3.48. The Morgan fingerprint density at radius 3 is 2.28 bits per heavy atom. The lowest BCUT2D eigenvalue weighted by atomic mass is 9.91.